The highest BCUT2D eigenvalue weighted by Crippen LogP contribution is 2.22. The van der Waals surface area contributed by atoms with Crippen LogP contribution in [-0.2, 0) is 16.4 Å². The fourth-order valence-electron chi connectivity index (χ4n) is 3.49. The molecule has 0 spiro atoms. The van der Waals surface area contributed by atoms with Gasteiger partial charge in [0.25, 0.3) is 5.91 Å². The zero-order valence-corrected chi connectivity index (χ0v) is 19.2. The Morgan fingerprint density at radius 1 is 0.969 bits per heavy atom. The molecule has 0 unspecified atom stereocenters. The topological polar surface area (TPSA) is 75.3 Å². The van der Waals surface area contributed by atoms with Gasteiger partial charge in [-0.3, -0.25) is 4.79 Å². The highest BCUT2D eigenvalue weighted by Gasteiger charge is 2.23. The highest BCUT2D eigenvalue weighted by atomic mass is 32.2. The average molecular weight is 455 g/mol. The fraction of sp³-hybridized carbons (Fsp3) is 0.240. The Kier molecular flexibility index (Phi) is 7.43. The number of carbonyl (C=O) groups is 1. The van der Waals surface area contributed by atoms with Crippen molar-refractivity contribution in [2.75, 3.05) is 5.32 Å². The molecule has 0 bridgehead atoms. The second-order valence-corrected chi connectivity index (χ2v) is 9.49. The number of halogens is 1. The Labute approximate surface area is 188 Å². The molecule has 32 heavy (non-hydrogen) atoms. The number of rotatable bonds is 8. The lowest BCUT2D eigenvalue weighted by Gasteiger charge is -2.18. The quantitative estimate of drug-likeness (QED) is 0.503. The number of hydrogen-bond acceptors (Lipinski definition) is 3. The minimum absolute atomic E-state index is 0.155. The fourth-order valence-corrected chi connectivity index (χ4v) is 4.84. The maximum Gasteiger partial charge on any atom is 0.258 e. The van der Waals surface area contributed by atoms with E-state index in [-0.39, 0.29) is 16.5 Å². The van der Waals surface area contributed by atoms with Gasteiger partial charge in [0.2, 0.25) is 10.0 Å². The van der Waals surface area contributed by atoms with Gasteiger partial charge in [-0.25, -0.2) is 17.5 Å². The number of para-hydroxylation sites is 1. The van der Waals surface area contributed by atoms with Crippen molar-refractivity contribution < 1.29 is 17.6 Å². The first-order valence-corrected chi connectivity index (χ1v) is 11.9. The Bertz CT molecular complexity index is 1190. The van der Waals surface area contributed by atoms with Gasteiger partial charge in [-0.2, -0.15) is 0 Å². The van der Waals surface area contributed by atoms with Gasteiger partial charge in [-0.1, -0.05) is 55.5 Å². The zero-order valence-electron chi connectivity index (χ0n) is 18.4. The summed E-state index contributed by atoms with van der Waals surface area (Å²) in [5, 5.41) is 2.70. The number of aryl methyl sites for hydroxylation is 2. The zero-order chi connectivity index (χ0) is 23.3. The molecule has 168 valence electrons. The molecule has 0 fully saturated rings. The van der Waals surface area contributed by atoms with E-state index in [1.165, 1.54) is 6.07 Å². The van der Waals surface area contributed by atoms with Crippen LogP contribution in [0.25, 0.3) is 0 Å². The van der Waals surface area contributed by atoms with Gasteiger partial charge in [-0.15, -0.1) is 0 Å². The summed E-state index contributed by atoms with van der Waals surface area (Å²) >= 11 is 0. The normalized spacial score (nSPS) is 12.4. The first-order chi connectivity index (χ1) is 15.2. The maximum atomic E-state index is 14.5. The summed E-state index contributed by atoms with van der Waals surface area (Å²) in [6, 6.07) is 18.0. The summed E-state index contributed by atoms with van der Waals surface area (Å²) in [4.78, 5) is 12.6. The lowest BCUT2D eigenvalue weighted by molar-refractivity contribution is 0.102. The van der Waals surface area contributed by atoms with Crippen molar-refractivity contribution in [3.63, 3.8) is 0 Å². The Balaban J connectivity index is 1.83. The van der Waals surface area contributed by atoms with Crippen molar-refractivity contribution in [3.05, 3.63) is 94.8 Å². The van der Waals surface area contributed by atoms with Crippen LogP contribution in [0.3, 0.4) is 0 Å². The van der Waals surface area contributed by atoms with E-state index in [1.807, 2.05) is 69.3 Å². The molecule has 0 aliphatic carbocycles. The number of anilines is 1. The summed E-state index contributed by atoms with van der Waals surface area (Å²) in [6.45, 7) is 5.56. The molecule has 0 heterocycles. The van der Waals surface area contributed by atoms with Gasteiger partial charge >= 0.3 is 0 Å². The molecule has 0 aliphatic rings. The van der Waals surface area contributed by atoms with Gasteiger partial charge in [0.15, 0.2) is 0 Å². The van der Waals surface area contributed by atoms with E-state index in [9.17, 15) is 17.6 Å². The molecular formula is C25H27FN2O3S. The molecule has 3 aromatic rings. The van der Waals surface area contributed by atoms with E-state index in [0.29, 0.717) is 18.5 Å². The van der Waals surface area contributed by atoms with Crippen LogP contribution in [0.5, 0.6) is 0 Å². The van der Waals surface area contributed by atoms with Gasteiger partial charge < -0.3 is 5.32 Å². The Morgan fingerprint density at radius 2 is 1.62 bits per heavy atom. The average Bonchev–Trinajstić information content (AvgIpc) is 2.76. The molecule has 0 saturated carbocycles. The Hall–Kier alpha value is -3.03. The highest BCUT2D eigenvalue weighted by molar-refractivity contribution is 7.89. The van der Waals surface area contributed by atoms with Crippen LogP contribution >= 0.6 is 0 Å². The van der Waals surface area contributed by atoms with Crippen molar-refractivity contribution >= 4 is 21.6 Å². The Morgan fingerprint density at radius 3 is 2.25 bits per heavy atom. The molecule has 3 rings (SSSR count). The minimum atomic E-state index is -3.95. The van der Waals surface area contributed by atoms with Crippen LogP contribution in [0.15, 0.2) is 71.6 Å². The maximum absolute atomic E-state index is 14.5. The van der Waals surface area contributed by atoms with Gasteiger partial charge in [0, 0.05) is 11.7 Å². The molecule has 0 aliphatic heterocycles. The number of amides is 1. The monoisotopic (exact) mass is 454 g/mol. The van der Waals surface area contributed by atoms with Crippen molar-refractivity contribution in [2.45, 2.75) is 44.6 Å². The van der Waals surface area contributed by atoms with Crippen LogP contribution in [0.2, 0.25) is 0 Å². The summed E-state index contributed by atoms with van der Waals surface area (Å²) in [6.07, 6.45) is 1.10. The van der Waals surface area contributed by atoms with E-state index in [4.69, 9.17) is 0 Å². The number of nitrogens with one attached hydrogen (secondary N) is 2. The molecule has 0 aromatic heterocycles. The van der Waals surface area contributed by atoms with Gasteiger partial charge in [0.05, 0.1) is 10.5 Å². The minimum Gasteiger partial charge on any atom is -0.321 e. The molecule has 5 nitrogen and oxygen atoms in total. The molecule has 1 amide bonds. The summed E-state index contributed by atoms with van der Waals surface area (Å²) in [5.74, 6) is -1.49. The number of benzene rings is 3. The molecule has 7 heteroatoms. The third kappa shape index (κ3) is 5.60. The summed E-state index contributed by atoms with van der Waals surface area (Å²) in [5.41, 5.74) is 2.92. The largest absolute Gasteiger partial charge is 0.321 e. The van der Waals surface area contributed by atoms with Crippen LogP contribution in [0.1, 0.15) is 40.4 Å². The lowest BCUT2D eigenvalue weighted by Crippen LogP contribution is -2.36. The standard InChI is InChI=1S/C25H27FN2O3S/c1-4-20(15-19-11-6-5-7-12-19)28-32(30,31)21-13-14-23(26)22(16-21)25(29)27-24-17(2)9-8-10-18(24)3/h5-14,16,20,28H,4,15H2,1-3H3,(H,27,29)/t20-/m0/s1. The second-order valence-electron chi connectivity index (χ2n) is 7.78. The third-order valence-electron chi connectivity index (χ3n) is 5.35. The van der Waals surface area contributed by atoms with Crippen molar-refractivity contribution in [1.29, 1.82) is 0 Å². The third-order valence-corrected chi connectivity index (χ3v) is 6.87. The van der Waals surface area contributed by atoms with Crippen LogP contribution in [-0.4, -0.2) is 20.4 Å². The van der Waals surface area contributed by atoms with Crippen LogP contribution < -0.4 is 10.0 Å². The SMILES string of the molecule is CC[C@@H](Cc1ccccc1)NS(=O)(=O)c1ccc(F)c(C(=O)Nc2c(C)cccc2C)c1. The predicted octanol–water partition coefficient (Wildman–Crippen LogP) is 4.99. The molecular weight excluding hydrogens is 427 g/mol. The van der Waals surface area contributed by atoms with Crippen molar-refractivity contribution in [1.82, 2.24) is 4.72 Å². The van der Waals surface area contributed by atoms with E-state index in [2.05, 4.69) is 10.0 Å². The van der Waals surface area contributed by atoms with E-state index >= 15 is 0 Å². The van der Waals surface area contributed by atoms with Crippen LogP contribution in [0, 0.1) is 19.7 Å². The number of carbonyl (C=O) groups excluding carboxylic acids is 1. The van der Waals surface area contributed by atoms with Crippen LogP contribution in [0.4, 0.5) is 10.1 Å². The first-order valence-electron chi connectivity index (χ1n) is 10.4. The van der Waals surface area contributed by atoms with Crippen molar-refractivity contribution in [2.24, 2.45) is 0 Å². The molecule has 2 N–H and O–H groups in total. The van der Waals surface area contributed by atoms with Crippen molar-refractivity contribution in [3.8, 4) is 0 Å². The first kappa shape index (κ1) is 23.6. The molecule has 1 atom stereocenters. The summed E-state index contributed by atoms with van der Waals surface area (Å²) < 4.78 is 43.1. The molecule has 0 saturated heterocycles. The van der Waals surface area contributed by atoms with E-state index in [1.54, 1.807) is 0 Å². The smallest absolute Gasteiger partial charge is 0.258 e. The number of hydrogen-bond donors (Lipinski definition) is 2. The van der Waals surface area contributed by atoms with E-state index < -0.39 is 21.7 Å². The lowest BCUT2D eigenvalue weighted by atomic mass is 10.1. The van der Waals surface area contributed by atoms with Gasteiger partial charge in [-0.05, 0) is 61.6 Å². The van der Waals surface area contributed by atoms with Gasteiger partial charge in [0.1, 0.15) is 5.82 Å². The van der Waals surface area contributed by atoms with E-state index in [0.717, 1.165) is 28.8 Å². The molecule has 3 aromatic carbocycles. The second kappa shape index (κ2) is 10.1. The number of sulfonamides is 1. The summed E-state index contributed by atoms with van der Waals surface area (Å²) in [7, 11) is -3.95. The molecule has 0 radical (unpaired) electrons. The predicted molar refractivity (Wildman–Crippen MR) is 125 cm³/mol.